The van der Waals surface area contributed by atoms with Crippen molar-refractivity contribution in [1.82, 2.24) is 5.32 Å². The maximum absolute atomic E-state index is 12.8. The number of para-hydroxylation sites is 1. The second-order valence-electron chi connectivity index (χ2n) is 6.38. The van der Waals surface area contributed by atoms with Gasteiger partial charge in [-0.2, -0.15) is 0 Å². The molecule has 0 amide bonds. The van der Waals surface area contributed by atoms with Gasteiger partial charge in [-0.1, -0.05) is 61.9 Å². The summed E-state index contributed by atoms with van der Waals surface area (Å²) in [6.45, 7) is 2.96. The number of nitrogens with one attached hydrogen (secondary N) is 1. The van der Waals surface area contributed by atoms with E-state index in [-0.39, 0.29) is 23.8 Å². The molecule has 0 saturated carbocycles. The molecule has 0 fully saturated rings. The van der Waals surface area contributed by atoms with Crippen molar-refractivity contribution in [3.8, 4) is 0 Å². The highest BCUT2D eigenvalue weighted by molar-refractivity contribution is 5.98. The van der Waals surface area contributed by atoms with E-state index >= 15 is 0 Å². The lowest BCUT2D eigenvalue weighted by atomic mass is 9.98. The lowest BCUT2D eigenvalue weighted by Gasteiger charge is -2.18. The molecule has 26 heavy (non-hydrogen) atoms. The summed E-state index contributed by atoms with van der Waals surface area (Å²) in [7, 11) is 0. The molecule has 1 heterocycles. The Hall–Kier alpha value is -2.72. The summed E-state index contributed by atoms with van der Waals surface area (Å²) in [5.74, 6) is -0.206. The largest absolute Gasteiger partial charge is 0.422 e. The monoisotopic (exact) mass is 349 g/mol. The lowest BCUT2D eigenvalue weighted by Crippen LogP contribution is -2.26. The van der Waals surface area contributed by atoms with Gasteiger partial charge in [0.15, 0.2) is 5.78 Å². The van der Waals surface area contributed by atoms with Crippen LogP contribution in [-0.2, 0) is 0 Å². The Balaban J connectivity index is 1.85. The van der Waals surface area contributed by atoms with Crippen LogP contribution in [-0.4, -0.2) is 12.3 Å². The van der Waals surface area contributed by atoms with Crippen molar-refractivity contribution in [1.29, 1.82) is 0 Å². The molecule has 1 N–H and O–H groups in total. The molecule has 3 rings (SSSR count). The Morgan fingerprint density at radius 3 is 2.58 bits per heavy atom. The van der Waals surface area contributed by atoms with E-state index in [0.717, 1.165) is 30.3 Å². The molecule has 4 nitrogen and oxygen atoms in total. The Morgan fingerprint density at radius 1 is 1.08 bits per heavy atom. The van der Waals surface area contributed by atoms with Crippen molar-refractivity contribution in [2.45, 2.75) is 32.2 Å². The third-order valence-electron chi connectivity index (χ3n) is 4.45. The molecule has 0 unspecified atom stereocenters. The van der Waals surface area contributed by atoms with E-state index in [2.05, 4.69) is 12.2 Å². The topological polar surface area (TPSA) is 59.3 Å². The first-order valence-electron chi connectivity index (χ1n) is 9.03. The molecule has 1 atom stereocenters. The molecule has 4 heteroatoms. The second kappa shape index (κ2) is 8.59. The number of carbonyl (C=O) groups is 1. The van der Waals surface area contributed by atoms with E-state index < -0.39 is 5.63 Å². The zero-order valence-corrected chi connectivity index (χ0v) is 14.9. The number of fused-ring (bicyclic) bond motifs is 1. The molecule has 0 aliphatic rings. The van der Waals surface area contributed by atoms with E-state index in [1.807, 2.05) is 42.5 Å². The van der Waals surface area contributed by atoms with Gasteiger partial charge in [0.25, 0.3) is 0 Å². The SMILES string of the molecule is CCCCN[C@H](CC(=O)c1cc2ccccc2oc1=O)c1ccccc1. The maximum atomic E-state index is 12.8. The highest BCUT2D eigenvalue weighted by atomic mass is 16.4. The molecule has 1 aromatic heterocycles. The van der Waals surface area contributed by atoms with Crippen molar-refractivity contribution >= 4 is 16.8 Å². The number of carbonyl (C=O) groups excluding carboxylic acids is 1. The number of hydrogen-bond donors (Lipinski definition) is 1. The fraction of sp³-hybridized carbons (Fsp3) is 0.273. The van der Waals surface area contributed by atoms with Crippen molar-refractivity contribution in [3.63, 3.8) is 0 Å². The van der Waals surface area contributed by atoms with Crippen LogP contribution in [0.15, 0.2) is 69.9 Å². The van der Waals surface area contributed by atoms with Gasteiger partial charge < -0.3 is 9.73 Å². The van der Waals surface area contributed by atoms with Crippen LogP contribution < -0.4 is 10.9 Å². The Labute approximate surface area is 152 Å². The first-order chi connectivity index (χ1) is 12.7. The number of ketones is 1. The average Bonchev–Trinajstić information content (AvgIpc) is 2.67. The quantitative estimate of drug-likeness (QED) is 0.370. The van der Waals surface area contributed by atoms with Crippen LogP contribution in [0.3, 0.4) is 0 Å². The van der Waals surface area contributed by atoms with Gasteiger partial charge in [-0.25, -0.2) is 4.79 Å². The van der Waals surface area contributed by atoms with Crippen molar-refractivity contribution < 1.29 is 9.21 Å². The van der Waals surface area contributed by atoms with Gasteiger partial charge in [0, 0.05) is 17.8 Å². The number of benzene rings is 2. The second-order valence-corrected chi connectivity index (χ2v) is 6.38. The van der Waals surface area contributed by atoms with E-state index in [9.17, 15) is 9.59 Å². The minimum atomic E-state index is -0.575. The predicted molar refractivity (Wildman–Crippen MR) is 104 cm³/mol. The van der Waals surface area contributed by atoms with Crippen LogP contribution in [0.5, 0.6) is 0 Å². The van der Waals surface area contributed by atoms with Gasteiger partial charge in [0.2, 0.25) is 0 Å². The summed E-state index contributed by atoms with van der Waals surface area (Å²) >= 11 is 0. The summed E-state index contributed by atoms with van der Waals surface area (Å²) in [6, 6.07) is 18.6. The first-order valence-corrected chi connectivity index (χ1v) is 9.03. The summed E-state index contributed by atoms with van der Waals surface area (Å²) in [5, 5.41) is 4.20. The van der Waals surface area contributed by atoms with Crippen LogP contribution >= 0.6 is 0 Å². The van der Waals surface area contributed by atoms with E-state index in [4.69, 9.17) is 4.42 Å². The van der Waals surface area contributed by atoms with E-state index in [1.165, 1.54) is 0 Å². The summed E-state index contributed by atoms with van der Waals surface area (Å²) < 4.78 is 5.30. The minimum Gasteiger partial charge on any atom is -0.422 e. The third kappa shape index (κ3) is 4.27. The molecule has 0 bridgehead atoms. The highest BCUT2D eigenvalue weighted by Gasteiger charge is 2.20. The maximum Gasteiger partial charge on any atom is 0.347 e. The smallest absolute Gasteiger partial charge is 0.347 e. The van der Waals surface area contributed by atoms with Crippen molar-refractivity contribution in [3.05, 3.63) is 82.2 Å². The van der Waals surface area contributed by atoms with Gasteiger partial charge >= 0.3 is 5.63 Å². The standard InChI is InChI=1S/C22H23NO3/c1-2-3-13-23-19(16-9-5-4-6-10-16)15-20(24)18-14-17-11-7-8-12-21(17)26-22(18)25/h4-12,14,19,23H,2-3,13,15H2,1H3/t19-/m1/s1. The average molecular weight is 349 g/mol. The molecule has 0 radical (unpaired) electrons. The lowest BCUT2D eigenvalue weighted by molar-refractivity contribution is 0.0965. The van der Waals surface area contributed by atoms with Gasteiger partial charge in [-0.05, 0) is 30.7 Å². The van der Waals surface area contributed by atoms with E-state index in [1.54, 1.807) is 18.2 Å². The van der Waals surface area contributed by atoms with Crippen LogP contribution in [0, 0.1) is 0 Å². The van der Waals surface area contributed by atoms with E-state index in [0.29, 0.717) is 5.58 Å². The van der Waals surface area contributed by atoms with Crippen molar-refractivity contribution in [2.75, 3.05) is 6.54 Å². The number of unbranched alkanes of at least 4 members (excludes halogenated alkanes) is 1. The van der Waals surface area contributed by atoms with Crippen molar-refractivity contribution in [2.24, 2.45) is 0 Å². The Morgan fingerprint density at radius 2 is 1.81 bits per heavy atom. The molecular formula is C22H23NO3. The third-order valence-corrected chi connectivity index (χ3v) is 4.45. The molecule has 0 aliphatic carbocycles. The van der Waals surface area contributed by atoms with Crippen LogP contribution in [0.2, 0.25) is 0 Å². The fourth-order valence-corrected chi connectivity index (χ4v) is 3.00. The molecular weight excluding hydrogens is 326 g/mol. The van der Waals surface area contributed by atoms with Gasteiger partial charge in [-0.3, -0.25) is 4.79 Å². The molecule has 134 valence electrons. The molecule has 0 aliphatic heterocycles. The fourth-order valence-electron chi connectivity index (χ4n) is 3.00. The zero-order chi connectivity index (χ0) is 18.4. The number of hydrogen-bond acceptors (Lipinski definition) is 4. The minimum absolute atomic E-state index is 0.113. The Bertz CT molecular complexity index is 931. The summed E-state index contributed by atoms with van der Waals surface area (Å²) in [4.78, 5) is 25.1. The molecule has 3 aromatic rings. The molecule has 0 saturated heterocycles. The normalized spacial score (nSPS) is 12.2. The summed E-state index contributed by atoms with van der Waals surface area (Å²) in [6.07, 6.45) is 2.34. The number of Topliss-reactive ketones (excluding diaryl/α,β-unsaturated/α-hetero) is 1. The van der Waals surface area contributed by atoms with Crippen LogP contribution in [0.4, 0.5) is 0 Å². The molecule has 0 spiro atoms. The zero-order valence-electron chi connectivity index (χ0n) is 14.9. The first kappa shape index (κ1) is 18.1. The predicted octanol–water partition coefficient (Wildman–Crippen LogP) is 4.50. The van der Waals surface area contributed by atoms with Crippen LogP contribution in [0.25, 0.3) is 11.0 Å². The van der Waals surface area contributed by atoms with Gasteiger partial charge in [0.1, 0.15) is 11.1 Å². The highest BCUT2D eigenvalue weighted by Crippen LogP contribution is 2.20. The number of rotatable bonds is 8. The summed E-state index contributed by atoms with van der Waals surface area (Å²) in [5.41, 5.74) is 1.08. The molecule has 2 aromatic carbocycles. The van der Waals surface area contributed by atoms with Gasteiger partial charge in [0.05, 0.1) is 0 Å². The van der Waals surface area contributed by atoms with Gasteiger partial charge in [-0.15, -0.1) is 0 Å². The van der Waals surface area contributed by atoms with Crippen LogP contribution in [0.1, 0.15) is 48.1 Å². The Kier molecular flexibility index (Phi) is 5.97.